The Balaban J connectivity index is 2.22. The third-order valence-corrected chi connectivity index (χ3v) is 3.20. The van der Waals surface area contributed by atoms with Crippen molar-refractivity contribution in [3.8, 4) is 11.6 Å². The van der Waals surface area contributed by atoms with Gasteiger partial charge in [-0.3, -0.25) is 4.79 Å². The molecule has 0 unspecified atom stereocenters. The number of carbonyl (C=O) groups is 1. The van der Waals surface area contributed by atoms with Gasteiger partial charge in [0.1, 0.15) is 5.75 Å². The fourth-order valence-corrected chi connectivity index (χ4v) is 1.89. The van der Waals surface area contributed by atoms with Crippen LogP contribution in [0, 0.1) is 0 Å². The number of primary amides is 1. The molecule has 0 aliphatic rings. The first-order chi connectivity index (χ1) is 9.10. The number of benzene rings is 1. The minimum atomic E-state index is -0.609. The molecule has 19 heavy (non-hydrogen) atoms. The molecule has 5 nitrogen and oxygen atoms in total. The lowest BCUT2D eigenvalue weighted by atomic mass is 10.2. The van der Waals surface area contributed by atoms with E-state index in [1.165, 1.54) is 12.3 Å². The van der Waals surface area contributed by atoms with Crippen molar-refractivity contribution in [2.24, 2.45) is 5.73 Å². The van der Waals surface area contributed by atoms with Crippen LogP contribution in [0.15, 0.2) is 41.4 Å². The third kappa shape index (κ3) is 3.17. The number of aromatic nitrogens is 1. The molecule has 0 spiro atoms. The molecule has 0 saturated heterocycles. The normalized spacial score (nSPS) is 10.2. The molecule has 0 radical (unpaired) electrons. The summed E-state index contributed by atoms with van der Waals surface area (Å²) in [4.78, 5) is 16.3. The average Bonchev–Trinajstić information content (AvgIpc) is 2.41. The van der Waals surface area contributed by atoms with Crippen molar-refractivity contribution in [1.82, 2.24) is 4.98 Å². The van der Waals surface area contributed by atoms with E-state index in [0.717, 1.165) is 4.90 Å². The molecule has 0 fully saturated rings. The number of ether oxygens (including phenoxy) is 1. The van der Waals surface area contributed by atoms with Gasteiger partial charge in [-0.1, -0.05) is 0 Å². The fourth-order valence-electron chi connectivity index (χ4n) is 1.48. The molecule has 1 aromatic carbocycles. The molecule has 1 aromatic heterocycles. The summed E-state index contributed by atoms with van der Waals surface area (Å²) in [5.41, 5.74) is 11.2. The summed E-state index contributed by atoms with van der Waals surface area (Å²) in [5, 5.41) is 0. The Kier molecular flexibility index (Phi) is 3.91. The van der Waals surface area contributed by atoms with E-state index in [0.29, 0.717) is 5.75 Å². The first-order valence-electron chi connectivity index (χ1n) is 5.47. The van der Waals surface area contributed by atoms with Crippen molar-refractivity contribution in [2.45, 2.75) is 4.90 Å². The summed E-state index contributed by atoms with van der Waals surface area (Å²) in [6.07, 6.45) is 3.35. The summed E-state index contributed by atoms with van der Waals surface area (Å²) in [7, 11) is 0. The summed E-state index contributed by atoms with van der Waals surface area (Å²) < 4.78 is 5.54. The number of nitrogens with two attached hydrogens (primary N) is 2. The van der Waals surface area contributed by atoms with Crippen LogP contribution in [-0.2, 0) is 0 Å². The van der Waals surface area contributed by atoms with Gasteiger partial charge >= 0.3 is 0 Å². The number of anilines is 1. The quantitative estimate of drug-likeness (QED) is 0.835. The number of thioether (sulfide) groups is 1. The molecule has 0 bridgehead atoms. The first kappa shape index (κ1) is 13.2. The number of nitrogen functional groups attached to an aromatic ring is 1. The molecule has 1 amide bonds. The van der Waals surface area contributed by atoms with Crippen LogP contribution in [0.1, 0.15) is 10.4 Å². The van der Waals surface area contributed by atoms with Gasteiger partial charge in [0.2, 0.25) is 5.88 Å². The Morgan fingerprint density at radius 1 is 1.32 bits per heavy atom. The van der Waals surface area contributed by atoms with Crippen molar-refractivity contribution >= 4 is 23.4 Å². The summed E-state index contributed by atoms with van der Waals surface area (Å²) >= 11 is 1.64. The van der Waals surface area contributed by atoms with Gasteiger partial charge in [-0.15, -0.1) is 11.8 Å². The predicted molar refractivity (Wildman–Crippen MR) is 75.5 cm³/mol. The number of hydrogen-bond donors (Lipinski definition) is 2. The maximum Gasteiger partial charge on any atom is 0.251 e. The second-order valence-electron chi connectivity index (χ2n) is 3.75. The lowest BCUT2D eigenvalue weighted by Gasteiger charge is -2.07. The van der Waals surface area contributed by atoms with Crippen molar-refractivity contribution < 1.29 is 9.53 Å². The number of carbonyl (C=O) groups excluding carboxylic acids is 1. The van der Waals surface area contributed by atoms with Crippen LogP contribution in [0.4, 0.5) is 5.69 Å². The maximum atomic E-state index is 11.2. The lowest BCUT2D eigenvalue weighted by molar-refractivity contribution is 0.100. The number of nitrogens with zero attached hydrogens (tertiary/aromatic N) is 1. The van der Waals surface area contributed by atoms with E-state index < -0.39 is 5.91 Å². The number of rotatable bonds is 4. The second kappa shape index (κ2) is 5.62. The molecule has 0 aliphatic carbocycles. The maximum absolute atomic E-state index is 11.2. The topological polar surface area (TPSA) is 91.2 Å². The molecule has 0 atom stereocenters. The monoisotopic (exact) mass is 275 g/mol. The highest BCUT2D eigenvalue weighted by Crippen LogP contribution is 2.24. The standard InChI is InChI=1S/C13H13N3O2S/c1-19-9-4-2-8(3-5-9)18-12-6-10(13(15)17)11(14)7-16-12/h2-7H,14H2,1H3,(H2,15,17). The zero-order chi connectivity index (χ0) is 13.8. The van der Waals surface area contributed by atoms with Crippen LogP contribution in [0.3, 0.4) is 0 Å². The highest BCUT2D eigenvalue weighted by molar-refractivity contribution is 7.98. The largest absolute Gasteiger partial charge is 0.439 e. The van der Waals surface area contributed by atoms with Gasteiger partial charge in [-0.2, -0.15) is 0 Å². The van der Waals surface area contributed by atoms with Gasteiger partial charge in [0.25, 0.3) is 5.91 Å². The molecular weight excluding hydrogens is 262 g/mol. The van der Waals surface area contributed by atoms with Crippen molar-refractivity contribution in [3.63, 3.8) is 0 Å². The number of hydrogen-bond acceptors (Lipinski definition) is 5. The molecule has 1 heterocycles. The van der Waals surface area contributed by atoms with Gasteiger partial charge in [0.05, 0.1) is 17.4 Å². The number of amides is 1. The highest BCUT2D eigenvalue weighted by Gasteiger charge is 2.09. The molecular formula is C13H13N3O2S. The zero-order valence-corrected chi connectivity index (χ0v) is 11.1. The summed E-state index contributed by atoms with van der Waals surface area (Å²) in [6.45, 7) is 0. The fraction of sp³-hybridized carbons (Fsp3) is 0.0769. The van der Waals surface area contributed by atoms with E-state index in [4.69, 9.17) is 16.2 Å². The molecule has 98 valence electrons. The molecule has 2 rings (SSSR count). The van der Waals surface area contributed by atoms with Crippen LogP contribution in [0.5, 0.6) is 11.6 Å². The van der Waals surface area contributed by atoms with Gasteiger partial charge in [0.15, 0.2) is 0 Å². The van der Waals surface area contributed by atoms with Gasteiger partial charge < -0.3 is 16.2 Å². The van der Waals surface area contributed by atoms with Crippen molar-refractivity contribution in [1.29, 1.82) is 0 Å². The molecule has 2 aromatic rings. The third-order valence-electron chi connectivity index (χ3n) is 2.46. The minimum absolute atomic E-state index is 0.200. The molecule has 6 heteroatoms. The summed E-state index contributed by atoms with van der Waals surface area (Å²) in [6, 6.07) is 8.96. The molecule has 0 saturated carbocycles. The van der Waals surface area contributed by atoms with Crippen LogP contribution in [-0.4, -0.2) is 17.1 Å². The van der Waals surface area contributed by atoms with Crippen LogP contribution < -0.4 is 16.2 Å². The van der Waals surface area contributed by atoms with E-state index in [1.807, 2.05) is 30.5 Å². The van der Waals surface area contributed by atoms with Gasteiger partial charge in [-0.25, -0.2) is 4.98 Å². The minimum Gasteiger partial charge on any atom is -0.439 e. The average molecular weight is 275 g/mol. The van der Waals surface area contributed by atoms with E-state index in [1.54, 1.807) is 11.8 Å². The number of pyridine rings is 1. The summed E-state index contributed by atoms with van der Waals surface area (Å²) in [5.74, 6) is 0.299. The Bertz CT molecular complexity index is 599. The Labute approximate surface area is 115 Å². The van der Waals surface area contributed by atoms with E-state index >= 15 is 0 Å². The molecule has 4 N–H and O–H groups in total. The van der Waals surface area contributed by atoms with Crippen LogP contribution in [0.25, 0.3) is 0 Å². The van der Waals surface area contributed by atoms with E-state index in [2.05, 4.69) is 4.98 Å². The first-order valence-corrected chi connectivity index (χ1v) is 6.70. The lowest BCUT2D eigenvalue weighted by Crippen LogP contribution is -2.13. The second-order valence-corrected chi connectivity index (χ2v) is 4.63. The van der Waals surface area contributed by atoms with Crippen LogP contribution >= 0.6 is 11.8 Å². The van der Waals surface area contributed by atoms with Gasteiger partial charge in [-0.05, 0) is 30.5 Å². The van der Waals surface area contributed by atoms with E-state index in [9.17, 15) is 4.79 Å². The van der Waals surface area contributed by atoms with Crippen molar-refractivity contribution in [2.75, 3.05) is 12.0 Å². The van der Waals surface area contributed by atoms with Crippen LogP contribution in [0.2, 0.25) is 0 Å². The SMILES string of the molecule is CSc1ccc(Oc2cc(C(N)=O)c(N)cn2)cc1. The van der Waals surface area contributed by atoms with Crippen molar-refractivity contribution in [3.05, 3.63) is 42.1 Å². The Morgan fingerprint density at radius 2 is 2.00 bits per heavy atom. The smallest absolute Gasteiger partial charge is 0.251 e. The highest BCUT2D eigenvalue weighted by atomic mass is 32.2. The molecule has 0 aliphatic heterocycles. The predicted octanol–water partition coefficient (Wildman–Crippen LogP) is 2.28. The Morgan fingerprint density at radius 3 is 2.58 bits per heavy atom. The van der Waals surface area contributed by atoms with E-state index in [-0.39, 0.29) is 17.1 Å². The zero-order valence-electron chi connectivity index (χ0n) is 10.3. The Hall–Kier alpha value is -2.21. The van der Waals surface area contributed by atoms with Gasteiger partial charge in [0, 0.05) is 11.0 Å².